The standard InChI is InChI=1S/C20H35N7/c1-4-21-19(24-16-18(3)27-11-6-5-8-17(27)2)25-12-14-26(15-13-25)20-22-9-7-10-23-20/h7,9-10,17-18H,4-6,8,11-16H2,1-3H3,(H,21,24). The van der Waals surface area contributed by atoms with E-state index in [9.17, 15) is 0 Å². The quantitative estimate of drug-likeness (QED) is 0.628. The Bertz CT molecular complexity index is 583. The molecule has 0 spiro atoms. The van der Waals surface area contributed by atoms with Gasteiger partial charge in [-0.15, -0.1) is 0 Å². The van der Waals surface area contributed by atoms with Crippen molar-refractivity contribution in [1.29, 1.82) is 0 Å². The summed E-state index contributed by atoms with van der Waals surface area (Å²) in [7, 11) is 0. The highest BCUT2D eigenvalue weighted by Crippen LogP contribution is 2.19. The van der Waals surface area contributed by atoms with Gasteiger partial charge in [0.2, 0.25) is 5.95 Å². The fraction of sp³-hybridized carbons (Fsp3) is 0.750. The molecule has 0 aliphatic carbocycles. The Morgan fingerprint density at radius 1 is 1.19 bits per heavy atom. The molecule has 1 aromatic heterocycles. The van der Waals surface area contributed by atoms with Crippen LogP contribution in [-0.2, 0) is 0 Å². The van der Waals surface area contributed by atoms with Crippen LogP contribution >= 0.6 is 0 Å². The highest BCUT2D eigenvalue weighted by Gasteiger charge is 2.24. The number of likely N-dealkylation sites (tertiary alicyclic amines) is 1. The first-order valence-corrected chi connectivity index (χ1v) is 10.5. The molecule has 0 amide bonds. The summed E-state index contributed by atoms with van der Waals surface area (Å²) in [5.74, 6) is 1.87. The molecule has 2 aliphatic heterocycles. The van der Waals surface area contributed by atoms with Gasteiger partial charge in [0.15, 0.2) is 5.96 Å². The summed E-state index contributed by atoms with van der Waals surface area (Å²) < 4.78 is 0. The average Bonchev–Trinajstić information content (AvgIpc) is 2.72. The van der Waals surface area contributed by atoms with Crippen LogP contribution in [0.3, 0.4) is 0 Å². The lowest BCUT2D eigenvalue weighted by atomic mass is 10.0. The zero-order valence-corrected chi connectivity index (χ0v) is 17.1. The van der Waals surface area contributed by atoms with Gasteiger partial charge in [-0.3, -0.25) is 9.89 Å². The average molecular weight is 374 g/mol. The third-order valence-corrected chi connectivity index (χ3v) is 5.67. The predicted molar refractivity (Wildman–Crippen MR) is 111 cm³/mol. The number of hydrogen-bond donors (Lipinski definition) is 1. The molecule has 27 heavy (non-hydrogen) atoms. The van der Waals surface area contributed by atoms with Crippen LogP contribution in [0.5, 0.6) is 0 Å². The maximum absolute atomic E-state index is 4.98. The number of hydrogen-bond acceptors (Lipinski definition) is 5. The van der Waals surface area contributed by atoms with Crippen molar-refractivity contribution in [1.82, 2.24) is 25.1 Å². The summed E-state index contributed by atoms with van der Waals surface area (Å²) in [6.07, 6.45) is 7.62. The zero-order valence-electron chi connectivity index (χ0n) is 17.1. The summed E-state index contributed by atoms with van der Waals surface area (Å²) in [4.78, 5) is 21.0. The first-order valence-electron chi connectivity index (χ1n) is 10.5. The van der Waals surface area contributed by atoms with Gasteiger partial charge in [0.05, 0.1) is 6.54 Å². The van der Waals surface area contributed by atoms with Crippen LogP contribution < -0.4 is 10.2 Å². The maximum atomic E-state index is 4.98. The third-order valence-electron chi connectivity index (χ3n) is 5.67. The van der Waals surface area contributed by atoms with Crippen LogP contribution in [0.15, 0.2) is 23.5 Å². The molecule has 7 nitrogen and oxygen atoms in total. The van der Waals surface area contributed by atoms with Crippen molar-refractivity contribution in [2.75, 3.05) is 50.7 Å². The number of aromatic nitrogens is 2. The largest absolute Gasteiger partial charge is 0.357 e. The van der Waals surface area contributed by atoms with E-state index in [0.29, 0.717) is 12.1 Å². The Kier molecular flexibility index (Phi) is 7.26. The second-order valence-corrected chi connectivity index (χ2v) is 7.65. The number of piperazine rings is 1. The molecule has 1 aromatic rings. The van der Waals surface area contributed by atoms with Crippen LogP contribution in [0.25, 0.3) is 0 Å². The molecular formula is C20H35N7. The van der Waals surface area contributed by atoms with E-state index in [-0.39, 0.29) is 0 Å². The Morgan fingerprint density at radius 3 is 2.59 bits per heavy atom. The van der Waals surface area contributed by atoms with E-state index in [0.717, 1.165) is 51.2 Å². The van der Waals surface area contributed by atoms with Crippen molar-refractivity contribution in [3.05, 3.63) is 18.5 Å². The topological polar surface area (TPSA) is 59.9 Å². The van der Waals surface area contributed by atoms with Crippen molar-refractivity contribution >= 4 is 11.9 Å². The van der Waals surface area contributed by atoms with E-state index in [4.69, 9.17) is 4.99 Å². The molecule has 1 N–H and O–H groups in total. The van der Waals surface area contributed by atoms with Gasteiger partial charge in [-0.25, -0.2) is 9.97 Å². The van der Waals surface area contributed by atoms with E-state index >= 15 is 0 Å². The number of rotatable bonds is 5. The van der Waals surface area contributed by atoms with Crippen molar-refractivity contribution in [3.63, 3.8) is 0 Å². The normalized spacial score (nSPS) is 23.4. The summed E-state index contributed by atoms with van der Waals surface area (Å²) in [6.45, 7) is 13.5. The highest BCUT2D eigenvalue weighted by molar-refractivity contribution is 5.80. The molecule has 2 aliphatic rings. The molecule has 0 bridgehead atoms. The van der Waals surface area contributed by atoms with E-state index < -0.39 is 0 Å². The number of aliphatic imine (C=N–C) groups is 1. The zero-order chi connectivity index (χ0) is 19.1. The lowest BCUT2D eigenvalue weighted by Crippen LogP contribution is -2.53. The minimum atomic E-state index is 0.493. The lowest BCUT2D eigenvalue weighted by Gasteiger charge is -2.38. The van der Waals surface area contributed by atoms with Gasteiger partial charge in [-0.05, 0) is 46.2 Å². The van der Waals surface area contributed by atoms with Gasteiger partial charge in [0.1, 0.15) is 0 Å². The minimum Gasteiger partial charge on any atom is -0.357 e. The van der Waals surface area contributed by atoms with Crippen LogP contribution in [0.4, 0.5) is 5.95 Å². The molecule has 3 heterocycles. The van der Waals surface area contributed by atoms with Crippen molar-refractivity contribution in [2.45, 2.75) is 52.1 Å². The van der Waals surface area contributed by atoms with Crippen molar-refractivity contribution in [3.8, 4) is 0 Å². The van der Waals surface area contributed by atoms with E-state index in [1.807, 2.05) is 18.5 Å². The molecule has 0 aromatic carbocycles. The smallest absolute Gasteiger partial charge is 0.225 e. The molecule has 2 saturated heterocycles. The first-order chi connectivity index (χ1) is 13.2. The van der Waals surface area contributed by atoms with Crippen LogP contribution in [0.1, 0.15) is 40.0 Å². The highest BCUT2D eigenvalue weighted by atomic mass is 15.4. The molecule has 2 atom stereocenters. The lowest BCUT2D eigenvalue weighted by molar-refractivity contribution is 0.118. The van der Waals surface area contributed by atoms with Crippen LogP contribution in [0.2, 0.25) is 0 Å². The molecule has 0 saturated carbocycles. The Morgan fingerprint density at radius 2 is 1.93 bits per heavy atom. The number of nitrogens with one attached hydrogen (secondary N) is 1. The monoisotopic (exact) mass is 373 g/mol. The van der Waals surface area contributed by atoms with Gasteiger partial charge in [-0.1, -0.05) is 6.42 Å². The Labute approximate surface area is 163 Å². The molecule has 150 valence electrons. The van der Waals surface area contributed by atoms with Gasteiger partial charge in [-0.2, -0.15) is 0 Å². The summed E-state index contributed by atoms with van der Waals surface area (Å²) >= 11 is 0. The Balaban J connectivity index is 1.56. The van der Waals surface area contributed by atoms with Crippen LogP contribution in [-0.4, -0.2) is 83.6 Å². The number of anilines is 1. The van der Waals surface area contributed by atoms with E-state index in [1.165, 1.54) is 25.8 Å². The van der Waals surface area contributed by atoms with Gasteiger partial charge in [0.25, 0.3) is 0 Å². The first kappa shape index (κ1) is 19.9. The molecule has 7 heteroatoms. The van der Waals surface area contributed by atoms with Crippen LogP contribution in [0, 0.1) is 0 Å². The predicted octanol–water partition coefficient (Wildman–Crippen LogP) is 1.83. The van der Waals surface area contributed by atoms with Crippen molar-refractivity contribution < 1.29 is 0 Å². The molecule has 2 unspecified atom stereocenters. The van der Waals surface area contributed by atoms with Gasteiger partial charge < -0.3 is 15.1 Å². The van der Waals surface area contributed by atoms with Gasteiger partial charge in [0, 0.05) is 57.2 Å². The maximum Gasteiger partial charge on any atom is 0.225 e. The second kappa shape index (κ2) is 9.88. The summed E-state index contributed by atoms with van der Waals surface area (Å²) in [5, 5.41) is 3.48. The third kappa shape index (κ3) is 5.31. The minimum absolute atomic E-state index is 0.493. The fourth-order valence-corrected chi connectivity index (χ4v) is 4.10. The second-order valence-electron chi connectivity index (χ2n) is 7.65. The summed E-state index contributed by atoms with van der Waals surface area (Å²) in [5.41, 5.74) is 0. The molecular weight excluding hydrogens is 338 g/mol. The number of guanidine groups is 1. The number of nitrogens with zero attached hydrogens (tertiary/aromatic N) is 6. The van der Waals surface area contributed by atoms with Crippen molar-refractivity contribution in [2.24, 2.45) is 4.99 Å². The SMILES string of the molecule is CCNC(=NCC(C)N1CCCCC1C)N1CCN(c2ncccn2)CC1. The molecule has 0 radical (unpaired) electrons. The van der Waals surface area contributed by atoms with E-state index in [2.05, 4.69) is 50.8 Å². The molecule has 3 rings (SSSR count). The van der Waals surface area contributed by atoms with Gasteiger partial charge >= 0.3 is 0 Å². The summed E-state index contributed by atoms with van der Waals surface area (Å²) in [6, 6.07) is 3.04. The number of piperidine rings is 1. The fourth-order valence-electron chi connectivity index (χ4n) is 4.10. The van der Waals surface area contributed by atoms with E-state index in [1.54, 1.807) is 0 Å². The molecule has 2 fully saturated rings. The Hall–Kier alpha value is -1.89.